The molecule has 4 heteroatoms. The Balaban J connectivity index is 0. The molecule has 0 radical (unpaired) electrons. The van der Waals surface area contributed by atoms with Gasteiger partial charge in [0.25, 0.3) is 0 Å². The van der Waals surface area contributed by atoms with E-state index in [1.54, 1.807) is 0 Å². The summed E-state index contributed by atoms with van der Waals surface area (Å²) in [7, 11) is 0. The van der Waals surface area contributed by atoms with Crippen molar-refractivity contribution in [1.29, 1.82) is 0 Å². The Bertz CT molecular complexity index is 6.00. The van der Waals surface area contributed by atoms with Gasteiger partial charge in [0.05, 0.1) is 0 Å². The van der Waals surface area contributed by atoms with Crippen LogP contribution in [-0.2, 0) is 39.0 Å². The zero-order chi connectivity index (χ0) is 0. The third kappa shape index (κ3) is 8.82. The zero-order valence-electron chi connectivity index (χ0n) is 1.91. The van der Waals surface area contributed by atoms with Crippen LogP contribution in [0.2, 0.25) is 0 Å². The molecule has 0 saturated heterocycles. The minimum atomic E-state index is 0. The Morgan fingerprint density at radius 1 is 0.750 bits per heavy atom. The zero-order valence-corrected chi connectivity index (χ0v) is 7.85. The quantitative estimate of drug-likeness (QED) is 0.407. The molecule has 0 heterocycles. The van der Waals surface area contributed by atoms with Gasteiger partial charge >= 0.3 is 37.7 Å². The minimum absolute atomic E-state index is 0. The molecule has 1 nitrogen and oxygen atoms in total. The van der Waals surface area contributed by atoms with Crippen molar-refractivity contribution in [3.63, 3.8) is 0 Å². The van der Waals surface area contributed by atoms with E-state index in [9.17, 15) is 0 Å². The molecule has 0 aliphatic carbocycles. The molecular formula is H4CaOZn2. The summed E-state index contributed by atoms with van der Waals surface area (Å²) < 4.78 is 0. The minimum Gasteiger partial charge on any atom is 0 e. The number of hydrogen-bond acceptors (Lipinski definition) is 0. The standard InChI is InChI=1S/Ca.H2O.2Zn.2H/h;1H2;;;;. The van der Waals surface area contributed by atoms with Gasteiger partial charge in [0.2, 0.25) is 0 Å². The first-order chi connectivity index (χ1) is 0. The van der Waals surface area contributed by atoms with Gasteiger partial charge < -0.3 is 5.48 Å². The summed E-state index contributed by atoms with van der Waals surface area (Å²) in [6.45, 7) is 0. The van der Waals surface area contributed by atoms with Crippen LogP contribution in [0.15, 0.2) is 0 Å². The fourth-order valence-corrected chi connectivity index (χ4v) is 0. The van der Waals surface area contributed by atoms with Crippen LogP contribution in [0.5, 0.6) is 0 Å². The van der Waals surface area contributed by atoms with E-state index in [1.165, 1.54) is 0 Å². The Morgan fingerprint density at radius 2 is 0.750 bits per heavy atom. The first-order valence-electron chi connectivity index (χ1n) is 0. The monoisotopic (exact) mass is 188 g/mol. The molecule has 0 saturated carbocycles. The average molecular weight is 191 g/mol. The van der Waals surface area contributed by atoms with Crippen LogP contribution in [0.1, 0.15) is 0 Å². The molecule has 0 aliphatic heterocycles. The molecule has 0 fully saturated rings. The summed E-state index contributed by atoms with van der Waals surface area (Å²) in [6.07, 6.45) is 0. The summed E-state index contributed by atoms with van der Waals surface area (Å²) >= 11 is 0. The summed E-state index contributed by atoms with van der Waals surface area (Å²) in [5.74, 6) is 0. The Morgan fingerprint density at radius 3 is 0.750 bits per heavy atom. The fourth-order valence-electron chi connectivity index (χ4n) is 0. The predicted molar refractivity (Wildman–Crippen MR) is 12.2 cm³/mol. The van der Waals surface area contributed by atoms with Crippen LogP contribution < -0.4 is 0 Å². The summed E-state index contributed by atoms with van der Waals surface area (Å²) in [5, 5.41) is 0. The summed E-state index contributed by atoms with van der Waals surface area (Å²) in [4.78, 5) is 0. The van der Waals surface area contributed by atoms with Crippen LogP contribution in [0.3, 0.4) is 0 Å². The second kappa shape index (κ2) is 17.9. The van der Waals surface area contributed by atoms with Gasteiger partial charge in [-0.3, -0.25) is 0 Å². The third-order valence-corrected chi connectivity index (χ3v) is 0. The van der Waals surface area contributed by atoms with Crippen LogP contribution in [0.4, 0.5) is 0 Å². The second-order valence-electron chi connectivity index (χ2n) is 0. The van der Waals surface area contributed by atoms with E-state index in [2.05, 4.69) is 0 Å². The normalized spacial score (nSPS) is 0. The predicted octanol–water partition coefficient (Wildman–Crippen LogP) is -1.75. The molecule has 0 aliphatic rings. The fraction of sp³-hybridized carbons (Fsp3) is 0. The van der Waals surface area contributed by atoms with Gasteiger partial charge in [0.15, 0.2) is 0 Å². The molecular weight excluding hydrogens is 187 g/mol. The molecule has 0 rings (SSSR count). The van der Waals surface area contributed by atoms with Crippen molar-refractivity contribution >= 4 is 37.7 Å². The van der Waals surface area contributed by atoms with Gasteiger partial charge in [-0.15, -0.1) is 0 Å². The van der Waals surface area contributed by atoms with Crippen molar-refractivity contribution in [3.05, 3.63) is 0 Å². The van der Waals surface area contributed by atoms with Crippen LogP contribution >= 0.6 is 0 Å². The maximum absolute atomic E-state index is 0. The van der Waals surface area contributed by atoms with Crippen molar-refractivity contribution in [2.75, 3.05) is 0 Å². The largest absolute Gasteiger partial charge is 0 e. The van der Waals surface area contributed by atoms with Crippen molar-refractivity contribution < 1.29 is 44.4 Å². The van der Waals surface area contributed by atoms with Gasteiger partial charge in [-0.25, -0.2) is 0 Å². The summed E-state index contributed by atoms with van der Waals surface area (Å²) in [5.41, 5.74) is 0. The molecule has 0 aromatic heterocycles. The van der Waals surface area contributed by atoms with E-state index < -0.39 is 0 Å². The van der Waals surface area contributed by atoms with Crippen molar-refractivity contribution in [1.82, 2.24) is 0 Å². The first-order valence-corrected chi connectivity index (χ1v) is 0. The van der Waals surface area contributed by atoms with E-state index in [4.69, 9.17) is 0 Å². The van der Waals surface area contributed by atoms with Crippen molar-refractivity contribution in [2.45, 2.75) is 0 Å². The van der Waals surface area contributed by atoms with Gasteiger partial charge in [-0.1, -0.05) is 0 Å². The number of hydrogen-bond donors (Lipinski definition) is 0. The molecule has 0 bridgehead atoms. The van der Waals surface area contributed by atoms with Gasteiger partial charge in [0.1, 0.15) is 0 Å². The Hall–Kier alpha value is 2.47. The molecule has 0 amide bonds. The van der Waals surface area contributed by atoms with Crippen molar-refractivity contribution in [2.24, 2.45) is 0 Å². The smallest absolute Gasteiger partial charge is 0 e. The van der Waals surface area contributed by atoms with Gasteiger partial charge in [0, 0.05) is 39.0 Å². The Kier molecular flexibility index (Phi) is 142. The van der Waals surface area contributed by atoms with E-state index >= 15 is 0 Å². The average Bonchev–Trinajstić information content (AvgIpc) is 0. The van der Waals surface area contributed by atoms with Crippen LogP contribution in [0.25, 0.3) is 0 Å². The van der Waals surface area contributed by atoms with E-state index in [0.29, 0.717) is 0 Å². The third-order valence-electron chi connectivity index (χ3n) is 0. The van der Waals surface area contributed by atoms with Crippen LogP contribution in [-0.4, -0.2) is 43.2 Å². The molecule has 2 N–H and O–H groups in total. The van der Waals surface area contributed by atoms with Crippen molar-refractivity contribution in [3.8, 4) is 0 Å². The van der Waals surface area contributed by atoms with E-state index in [-0.39, 0.29) is 82.2 Å². The molecule has 0 spiro atoms. The van der Waals surface area contributed by atoms with Gasteiger partial charge in [-0.05, 0) is 0 Å². The Labute approximate surface area is 80.7 Å². The van der Waals surface area contributed by atoms with E-state index in [0.717, 1.165) is 0 Å². The maximum atomic E-state index is 0. The molecule has 16 valence electrons. The topological polar surface area (TPSA) is 31.5 Å². The maximum Gasteiger partial charge on any atom is 0 e. The van der Waals surface area contributed by atoms with E-state index in [1.807, 2.05) is 0 Å². The van der Waals surface area contributed by atoms with Crippen LogP contribution in [0, 0.1) is 0 Å². The summed E-state index contributed by atoms with van der Waals surface area (Å²) in [6, 6.07) is 0. The molecule has 0 unspecified atom stereocenters. The van der Waals surface area contributed by atoms with Gasteiger partial charge in [-0.2, -0.15) is 0 Å². The molecule has 0 atom stereocenters. The number of rotatable bonds is 0. The SMILES string of the molecule is O.[CaH2].[Zn].[Zn]. The molecule has 4 heavy (non-hydrogen) atoms. The molecule has 0 aromatic carbocycles. The molecule has 0 aromatic rings. The first kappa shape index (κ1) is 31.8. The second-order valence-corrected chi connectivity index (χ2v) is 0.